The fourth-order valence-electron chi connectivity index (χ4n) is 2.58. The Morgan fingerprint density at radius 2 is 1.69 bits per heavy atom. The number of amides is 4. The Kier molecular flexibility index (Phi) is 6.82. The van der Waals surface area contributed by atoms with Gasteiger partial charge in [0.15, 0.2) is 0 Å². The fraction of sp³-hybridized carbons (Fsp3) is 0.500. The predicted octanol–water partition coefficient (Wildman–Crippen LogP) is 2.65. The molecule has 1 aliphatic heterocycles. The number of carbonyl (C=O) groups is 3. The zero-order valence-electron chi connectivity index (χ0n) is 15.5. The number of nitrogens with one attached hydrogen (secondary N) is 2. The molecule has 0 spiro atoms. The first-order valence-corrected chi connectivity index (χ1v) is 8.82. The second kappa shape index (κ2) is 9.07. The first kappa shape index (κ1) is 19.6. The van der Waals surface area contributed by atoms with Crippen LogP contribution >= 0.6 is 0 Å². The molecule has 26 heavy (non-hydrogen) atoms. The number of piperazine rings is 1. The molecule has 1 fully saturated rings. The molecule has 2 rings (SSSR count). The van der Waals surface area contributed by atoms with E-state index in [4.69, 9.17) is 4.74 Å². The lowest BCUT2D eigenvalue weighted by atomic mass is 10.1. The topological polar surface area (TPSA) is 91.0 Å². The van der Waals surface area contributed by atoms with Crippen molar-refractivity contribution in [3.8, 4) is 0 Å². The summed E-state index contributed by atoms with van der Waals surface area (Å²) < 4.78 is 4.98. The van der Waals surface area contributed by atoms with E-state index in [-0.39, 0.29) is 18.0 Å². The van der Waals surface area contributed by atoms with Crippen LogP contribution in [0.1, 0.15) is 25.8 Å². The lowest BCUT2D eigenvalue weighted by Crippen LogP contribution is -2.51. The Balaban J connectivity index is 1.94. The standard InChI is InChI=1S/C18H26N4O4/c1-4-16(23)19-14-7-6-13(3)15(12-14)20-17(24)21-8-10-22(11-9-21)18(25)26-5-2/h6-7,12H,4-5,8-11H2,1-3H3,(H,19,23)(H,20,24). The van der Waals surface area contributed by atoms with E-state index in [1.54, 1.807) is 35.8 Å². The van der Waals surface area contributed by atoms with E-state index in [9.17, 15) is 14.4 Å². The van der Waals surface area contributed by atoms with Crippen LogP contribution in [0.25, 0.3) is 0 Å². The maximum atomic E-state index is 12.5. The van der Waals surface area contributed by atoms with Crippen LogP contribution in [0.4, 0.5) is 21.0 Å². The maximum absolute atomic E-state index is 12.5. The number of nitrogens with zero attached hydrogens (tertiary/aromatic N) is 2. The number of ether oxygens (including phenoxy) is 1. The van der Waals surface area contributed by atoms with Gasteiger partial charge in [0.25, 0.3) is 0 Å². The Morgan fingerprint density at radius 1 is 1.04 bits per heavy atom. The highest BCUT2D eigenvalue weighted by atomic mass is 16.6. The Hall–Kier alpha value is -2.77. The van der Waals surface area contributed by atoms with Crippen molar-refractivity contribution >= 4 is 29.4 Å². The van der Waals surface area contributed by atoms with Gasteiger partial charge in [-0.2, -0.15) is 0 Å². The Bertz CT molecular complexity index is 669. The van der Waals surface area contributed by atoms with E-state index in [0.717, 1.165) is 5.56 Å². The second-order valence-corrected chi connectivity index (χ2v) is 6.03. The molecule has 1 aromatic rings. The summed E-state index contributed by atoms with van der Waals surface area (Å²) in [5.41, 5.74) is 2.19. The van der Waals surface area contributed by atoms with E-state index in [1.807, 2.05) is 13.0 Å². The van der Waals surface area contributed by atoms with Gasteiger partial charge >= 0.3 is 12.1 Å². The molecule has 8 nitrogen and oxygen atoms in total. The second-order valence-electron chi connectivity index (χ2n) is 6.03. The van der Waals surface area contributed by atoms with Gasteiger partial charge in [-0.1, -0.05) is 13.0 Å². The van der Waals surface area contributed by atoms with E-state index in [1.165, 1.54) is 0 Å². The third-order valence-corrected chi connectivity index (χ3v) is 4.18. The molecule has 0 atom stereocenters. The minimum absolute atomic E-state index is 0.0822. The van der Waals surface area contributed by atoms with Crippen molar-refractivity contribution in [3.63, 3.8) is 0 Å². The molecule has 0 aromatic heterocycles. The van der Waals surface area contributed by atoms with E-state index < -0.39 is 0 Å². The number of hydrogen-bond donors (Lipinski definition) is 2. The van der Waals surface area contributed by atoms with Crippen molar-refractivity contribution in [3.05, 3.63) is 23.8 Å². The van der Waals surface area contributed by atoms with Crippen molar-refractivity contribution in [2.45, 2.75) is 27.2 Å². The lowest BCUT2D eigenvalue weighted by molar-refractivity contribution is -0.115. The smallest absolute Gasteiger partial charge is 0.409 e. The first-order chi connectivity index (χ1) is 12.4. The number of aryl methyl sites for hydroxylation is 1. The van der Waals surface area contributed by atoms with Crippen molar-refractivity contribution in [2.75, 3.05) is 43.4 Å². The Morgan fingerprint density at radius 3 is 2.31 bits per heavy atom. The van der Waals surface area contributed by atoms with Crippen LogP contribution in [0.5, 0.6) is 0 Å². The molecule has 8 heteroatoms. The van der Waals surface area contributed by atoms with Gasteiger partial charge in [0.05, 0.1) is 6.61 Å². The molecule has 0 saturated carbocycles. The van der Waals surface area contributed by atoms with Crippen molar-refractivity contribution in [2.24, 2.45) is 0 Å². The number of benzene rings is 1. The summed E-state index contributed by atoms with van der Waals surface area (Å²) in [6, 6.07) is 5.17. The monoisotopic (exact) mass is 362 g/mol. The predicted molar refractivity (Wildman–Crippen MR) is 99.3 cm³/mol. The largest absolute Gasteiger partial charge is 0.450 e. The zero-order valence-corrected chi connectivity index (χ0v) is 15.5. The fourth-order valence-corrected chi connectivity index (χ4v) is 2.58. The molecule has 1 aliphatic rings. The minimum atomic E-state index is -0.345. The number of anilines is 2. The normalized spacial score (nSPS) is 14.0. The highest BCUT2D eigenvalue weighted by Gasteiger charge is 2.25. The van der Waals surface area contributed by atoms with E-state index in [0.29, 0.717) is 50.6 Å². The summed E-state index contributed by atoms with van der Waals surface area (Å²) >= 11 is 0. The van der Waals surface area contributed by atoms with Gasteiger partial charge in [-0.05, 0) is 31.5 Å². The van der Waals surface area contributed by atoms with Crippen LogP contribution in [-0.2, 0) is 9.53 Å². The van der Waals surface area contributed by atoms with Crippen LogP contribution < -0.4 is 10.6 Å². The summed E-state index contributed by atoms with van der Waals surface area (Å²) in [5.74, 6) is -0.0822. The molecular formula is C18H26N4O4. The number of hydrogen-bond acceptors (Lipinski definition) is 4. The highest BCUT2D eigenvalue weighted by Crippen LogP contribution is 2.21. The summed E-state index contributed by atoms with van der Waals surface area (Å²) in [4.78, 5) is 39.0. The van der Waals surface area contributed by atoms with Crippen molar-refractivity contribution in [1.82, 2.24) is 9.80 Å². The number of urea groups is 1. The Labute approximate surface area is 153 Å². The van der Waals surface area contributed by atoms with Crippen LogP contribution in [0.3, 0.4) is 0 Å². The number of rotatable bonds is 4. The molecule has 1 aromatic carbocycles. The summed E-state index contributed by atoms with van der Waals surface area (Å²) in [5, 5.41) is 5.66. The lowest BCUT2D eigenvalue weighted by Gasteiger charge is -2.34. The number of carbonyl (C=O) groups excluding carboxylic acids is 3. The maximum Gasteiger partial charge on any atom is 0.409 e. The molecular weight excluding hydrogens is 336 g/mol. The molecule has 0 radical (unpaired) electrons. The zero-order chi connectivity index (χ0) is 19.1. The average molecular weight is 362 g/mol. The molecule has 0 unspecified atom stereocenters. The SMILES string of the molecule is CCOC(=O)N1CCN(C(=O)Nc2cc(NC(=O)CC)ccc2C)CC1. The third-order valence-electron chi connectivity index (χ3n) is 4.18. The van der Waals surface area contributed by atoms with E-state index >= 15 is 0 Å². The van der Waals surface area contributed by atoms with Crippen molar-refractivity contribution < 1.29 is 19.1 Å². The average Bonchev–Trinajstić information content (AvgIpc) is 2.64. The van der Waals surface area contributed by atoms with Crippen LogP contribution in [0.2, 0.25) is 0 Å². The molecule has 1 saturated heterocycles. The molecule has 0 bridgehead atoms. The van der Waals surface area contributed by atoms with Crippen LogP contribution in [-0.4, -0.2) is 60.6 Å². The first-order valence-electron chi connectivity index (χ1n) is 8.82. The van der Waals surface area contributed by atoms with Gasteiger partial charge < -0.3 is 25.2 Å². The van der Waals surface area contributed by atoms with Crippen LogP contribution in [0, 0.1) is 6.92 Å². The van der Waals surface area contributed by atoms with Crippen LogP contribution in [0.15, 0.2) is 18.2 Å². The third kappa shape index (κ3) is 5.11. The molecule has 1 heterocycles. The van der Waals surface area contributed by atoms with Gasteiger partial charge in [0, 0.05) is 44.0 Å². The minimum Gasteiger partial charge on any atom is -0.450 e. The molecule has 2 N–H and O–H groups in total. The summed E-state index contributed by atoms with van der Waals surface area (Å²) in [7, 11) is 0. The molecule has 4 amide bonds. The highest BCUT2D eigenvalue weighted by molar-refractivity contribution is 5.94. The van der Waals surface area contributed by atoms with E-state index in [2.05, 4.69) is 10.6 Å². The summed E-state index contributed by atoms with van der Waals surface area (Å²) in [6.07, 6.45) is 0.0445. The van der Waals surface area contributed by atoms with Gasteiger partial charge in [-0.15, -0.1) is 0 Å². The molecule has 0 aliphatic carbocycles. The van der Waals surface area contributed by atoms with Gasteiger partial charge in [-0.3, -0.25) is 4.79 Å². The van der Waals surface area contributed by atoms with Crippen molar-refractivity contribution in [1.29, 1.82) is 0 Å². The quantitative estimate of drug-likeness (QED) is 0.861. The molecule has 142 valence electrons. The van der Waals surface area contributed by atoms with Gasteiger partial charge in [0.1, 0.15) is 0 Å². The summed E-state index contributed by atoms with van der Waals surface area (Å²) in [6.45, 7) is 7.54. The van der Waals surface area contributed by atoms with Gasteiger partial charge in [-0.25, -0.2) is 9.59 Å². The van der Waals surface area contributed by atoms with Gasteiger partial charge in [0.2, 0.25) is 5.91 Å².